The van der Waals surface area contributed by atoms with E-state index in [2.05, 4.69) is 0 Å². The summed E-state index contributed by atoms with van der Waals surface area (Å²) in [4.78, 5) is 20.4. The number of aromatic nitrogens is 1. The van der Waals surface area contributed by atoms with E-state index in [-0.39, 0.29) is 17.3 Å². The highest BCUT2D eigenvalue weighted by molar-refractivity contribution is 7.92. The SMILES string of the molecule is CCOc1ccc2nc(N(Cc3ccccc3)C(=O)c3ccc(S(=O)(=O)N(CC)c4ccccc4)cc3)sc2c1. The van der Waals surface area contributed by atoms with Gasteiger partial charge in [0.25, 0.3) is 15.9 Å². The molecule has 0 aliphatic rings. The Balaban J connectivity index is 1.47. The van der Waals surface area contributed by atoms with E-state index in [0.717, 1.165) is 21.5 Å². The van der Waals surface area contributed by atoms with Gasteiger partial charge in [0.1, 0.15) is 5.75 Å². The second kappa shape index (κ2) is 11.9. The number of sulfonamides is 1. The third-order valence-corrected chi connectivity index (χ3v) is 9.30. The van der Waals surface area contributed by atoms with Crippen LogP contribution in [-0.4, -0.2) is 32.5 Å². The standard InChI is InChI=1S/C31H29N3O4S2/c1-3-34(25-13-9-6-10-14-25)40(36,37)27-18-15-24(16-19-27)30(35)33(22-23-11-7-5-8-12-23)31-32-28-20-17-26(38-4-2)21-29(28)39-31/h5-21H,3-4,22H2,1-2H3. The zero-order valence-corrected chi connectivity index (χ0v) is 23.9. The van der Waals surface area contributed by atoms with Crippen molar-refractivity contribution in [3.05, 3.63) is 114 Å². The number of para-hydroxylation sites is 1. The van der Waals surface area contributed by atoms with Crippen LogP contribution in [-0.2, 0) is 16.6 Å². The van der Waals surface area contributed by atoms with Crippen LogP contribution in [0.3, 0.4) is 0 Å². The molecule has 0 fully saturated rings. The lowest BCUT2D eigenvalue weighted by atomic mass is 10.1. The second-order valence-corrected chi connectivity index (χ2v) is 11.8. The van der Waals surface area contributed by atoms with Gasteiger partial charge in [-0.2, -0.15) is 0 Å². The maximum absolute atomic E-state index is 13.9. The van der Waals surface area contributed by atoms with E-state index >= 15 is 0 Å². The van der Waals surface area contributed by atoms with E-state index < -0.39 is 10.0 Å². The highest BCUT2D eigenvalue weighted by atomic mass is 32.2. The largest absolute Gasteiger partial charge is 0.494 e. The molecule has 204 valence electrons. The summed E-state index contributed by atoms with van der Waals surface area (Å²) >= 11 is 1.41. The second-order valence-electron chi connectivity index (χ2n) is 8.97. The van der Waals surface area contributed by atoms with E-state index in [4.69, 9.17) is 9.72 Å². The number of carbonyl (C=O) groups is 1. The van der Waals surface area contributed by atoms with Crippen molar-refractivity contribution in [2.75, 3.05) is 22.4 Å². The van der Waals surface area contributed by atoms with Crippen LogP contribution >= 0.6 is 11.3 Å². The van der Waals surface area contributed by atoms with Crippen molar-refractivity contribution in [3.8, 4) is 5.75 Å². The van der Waals surface area contributed by atoms with Gasteiger partial charge in [0.05, 0.1) is 34.0 Å². The average Bonchev–Trinajstić information content (AvgIpc) is 3.40. The Hall–Kier alpha value is -4.21. The lowest BCUT2D eigenvalue weighted by Crippen LogP contribution is -2.31. The number of hydrogen-bond donors (Lipinski definition) is 0. The minimum absolute atomic E-state index is 0.118. The molecule has 0 saturated heterocycles. The molecule has 0 aliphatic heterocycles. The van der Waals surface area contributed by atoms with Gasteiger partial charge in [0.2, 0.25) is 0 Å². The predicted molar refractivity (Wildman–Crippen MR) is 161 cm³/mol. The van der Waals surface area contributed by atoms with Crippen LogP contribution in [0.25, 0.3) is 10.2 Å². The number of benzene rings is 4. The molecule has 0 N–H and O–H groups in total. The first-order valence-corrected chi connectivity index (χ1v) is 15.2. The van der Waals surface area contributed by atoms with E-state index in [1.54, 1.807) is 48.2 Å². The van der Waals surface area contributed by atoms with Gasteiger partial charge in [-0.15, -0.1) is 0 Å². The molecule has 5 rings (SSSR count). The molecular formula is C31H29N3O4S2. The third kappa shape index (κ3) is 5.71. The van der Waals surface area contributed by atoms with Crippen LogP contribution in [0, 0.1) is 0 Å². The number of rotatable bonds is 10. The molecule has 40 heavy (non-hydrogen) atoms. The van der Waals surface area contributed by atoms with E-state index in [0.29, 0.717) is 29.5 Å². The minimum Gasteiger partial charge on any atom is -0.494 e. The Bertz CT molecular complexity index is 1700. The first-order valence-electron chi connectivity index (χ1n) is 13.0. The summed E-state index contributed by atoms with van der Waals surface area (Å²) in [6.07, 6.45) is 0. The van der Waals surface area contributed by atoms with Crippen LogP contribution in [0.5, 0.6) is 5.75 Å². The zero-order valence-electron chi connectivity index (χ0n) is 22.2. The van der Waals surface area contributed by atoms with Gasteiger partial charge < -0.3 is 4.74 Å². The van der Waals surface area contributed by atoms with Crippen LogP contribution in [0.15, 0.2) is 108 Å². The fourth-order valence-electron chi connectivity index (χ4n) is 4.40. The summed E-state index contributed by atoms with van der Waals surface area (Å²) in [6, 6.07) is 30.4. The number of anilines is 2. The molecule has 0 unspecified atom stereocenters. The van der Waals surface area contributed by atoms with Gasteiger partial charge in [-0.1, -0.05) is 59.9 Å². The van der Waals surface area contributed by atoms with Crippen molar-refractivity contribution in [1.29, 1.82) is 0 Å². The smallest absolute Gasteiger partial charge is 0.264 e. The van der Waals surface area contributed by atoms with Gasteiger partial charge in [-0.25, -0.2) is 13.4 Å². The molecule has 4 aromatic carbocycles. The number of fused-ring (bicyclic) bond motifs is 1. The number of carbonyl (C=O) groups excluding carboxylic acids is 1. The van der Waals surface area contributed by atoms with Gasteiger partial charge >= 0.3 is 0 Å². The quantitative estimate of drug-likeness (QED) is 0.185. The Morgan fingerprint density at radius 1 is 0.875 bits per heavy atom. The molecule has 0 bridgehead atoms. The van der Waals surface area contributed by atoms with Gasteiger partial charge in [-0.05, 0) is 74.0 Å². The lowest BCUT2D eigenvalue weighted by molar-refractivity contribution is 0.0985. The average molecular weight is 572 g/mol. The Kier molecular flexibility index (Phi) is 8.14. The van der Waals surface area contributed by atoms with Gasteiger partial charge in [0.15, 0.2) is 5.13 Å². The molecular weight excluding hydrogens is 542 g/mol. The number of nitrogens with zero attached hydrogens (tertiary/aromatic N) is 3. The molecule has 0 aliphatic carbocycles. The molecule has 5 aromatic rings. The molecule has 0 atom stereocenters. The predicted octanol–water partition coefficient (Wildman–Crippen LogP) is 6.76. The molecule has 0 saturated carbocycles. The first kappa shape index (κ1) is 27.4. The van der Waals surface area contributed by atoms with Gasteiger partial charge in [0, 0.05) is 12.1 Å². The fourth-order valence-corrected chi connectivity index (χ4v) is 6.86. The van der Waals surface area contributed by atoms with Crippen molar-refractivity contribution in [2.45, 2.75) is 25.3 Å². The molecule has 0 spiro atoms. The molecule has 1 amide bonds. The fraction of sp³-hybridized carbons (Fsp3) is 0.161. The van der Waals surface area contributed by atoms with Crippen molar-refractivity contribution in [3.63, 3.8) is 0 Å². The van der Waals surface area contributed by atoms with E-state index in [1.807, 2.05) is 61.5 Å². The number of amides is 1. The first-order chi connectivity index (χ1) is 19.4. The lowest BCUT2D eigenvalue weighted by Gasteiger charge is -2.23. The minimum atomic E-state index is -3.81. The number of hydrogen-bond acceptors (Lipinski definition) is 6. The molecule has 7 nitrogen and oxygen atoms in total. The summed E-state index contributed by atoms with van der Waals surface area (Å²) < 4.78 is 34.7. The normalized spacial score (nSPS) is 11.3. The van der Waals surface area contributed by atoms with Crippen LogP contribution < -0.4 is 13.9 Å². The summed E-state index contributed by atoms with van der Waals surface area (Å²) in [6.45, 7) is 4.87. The third-order valence-electron chi connectivity index (χ3n) is 6.34. The Morgan fingerprint density at radius 2 is 1.55 bits per heavy atom. The summed E-state index contributed by atoms with van der Waals surface area (Å²) in [7, 11) is -3.81. The molecule has 1 aromatic heterocycles. The van der Waals surface area contributed by atoms with Crippen LogP contribution in [0.2, 0.25) is 0 Å². The maximum atomic E-state index is 13.9. The summed E-state index contributed by atoms with van der Waals surface area (Å²) in [5.74, 6) is 0.479. The Morgan fingerprint density at radius 3 is 2.20 bits per heavy atom. The van der Waals surface area contributed by atoms with Crippen molar-refractivity contribution >= 4 is 48.3 Å². The van der Waals surface area contributed by atoms with E-state index in [1.165, 1.54) is 27.8 Å². The van der Waals surface area contributed by atoms with Crippen molar-refractivity contribution in [1.82, 2.24) is 4.98 Å². The van der Waals surface area contributed by atoms with Crippen molar-refractivity contribution in [2.24, 2.45) is 0 Å². The Labute approximate surface area is 238 Å². The number of ether oxygens (including phenoxy) is 1. The highest BCUT2D eigenvalue weighted by Crippen LogP contribution is 2.33. The zero-order chi connectivity index (χ0) is 28.1. The van der Waals surface area contributed by atoms with Crippen LogP contribution in [0.4, 0.5) is 10.8 Å². The molecule has 1 heterocycles. The highest BCUT2D eigenvalue weighted by Gasteiger charge is 2.26. The molecule has 0 radical (unpaired) electrons. The van der Waals surface area contributed by atoms with Crippen LogP contribution in [0.1, 0.15) is 29.8 Å². The number of thiazole rings is 1. The molecule has 9 heteroatoms. The monoisotopic (exact) mass is 571 g/mol. The van der Waals surface area contributed by atoms with E-state index in [9.17, 15) is 13.2 Å². The maximum Gasteiger partial charge on any atom is 0.264 e. The topological polar surface area (TPSA) is 79.8 Å². The summed E-state index contributed by atoms with van der Waals surface area (Å²) in [5, 5.41) is 0.551. The summed E-state index contributed by atoms with van der Waals surface area (Å²) in [5.41, 5.74) is 2.68. The van der Waals surface area contributed by atoms with Crippen molar-refractivity contribution < 1.29 is 17.9 Å². The van der Waals surface area contributed by atoms with Gasteiger partial charge in [-0.3, -0.25) is 14.0 Å².